The normalized spacial score (nSPS) is 9.12. The van der Waals surface area contributed by atoms with Crippen molar-refractivity contribution >= 4 is 29.2 Å². The summed E-state index contributed by atoms with van der Waals surface area (Å²) < 4.78 is 1.56. The van der Waals surface area contributed by atoms with Gasteiger partial charge in [0, 0.05) is 6.20 Å². The minimum Gasteiger partial charge on any atom is -0.296 e. The van der Waals surface area contributed by atoms with E-state index in [1.165, 1.54) is 0 Å². The first-order chi connectivity index (χ1) is 3.83. The van der Waals surface area contributed by atoms with Crippen molar-refractivity contribution in [2.75, 3.05) is 0 Å². The largest absolute Gasteiger partial charge is 0.296 e. The SMILES string of the molecule is O=Cc1ccn(I)n1. The van der Waals surface area contributed by atoms with Gasteiger partial charge in [0.2, 0.25) is 0 Å². The Balaban J connectivity index is 3.00. The Morgan fingerprint density at radius 3 is 2.88 bits per heavy atom. The Labute approximate surface area is 60.2 Å². The number of hydrogen-bond acceptors (Lipinski definition) is 2. The van der Waals surface area contributed by atoms with Crippen LogP contribution in [-0.4, -0.2) is 14.3 Å². The maximum atomic E-state index is 9.94. The van der Waals surface area contributed by atoms with E-state index in [0.29, 0.717) is 5.69 Å². The van der Waals surface area contributed by atoms with Gasteiger partial charge in [-0.1, -0.05) is 0 Å². The number of carbonyl (C=O) groups is 1. The lowest BCUT2D eigenvalue weighted by Gasteiger charge is -1.76. The van der Waals surface area contributed by atoms with Gasteiger partial charge < -0.3 is 0 Å². The molecule has 4 heteroatoms. The van der Waals surface area contributed by atoms with E-state index in [2.05, 4.69) is 5.10 Å². The summed E-state index contributed by atoms with van der Waals surface area (Å²) in [6.07, 6.45) is 2.43. The number of hydrogen-bond donors (Lipinski definition) is 0. The molecular formula is C4H3IN2O. The van der Waals surface area contributed by atoms with E-state index in [4.69, 9.17) is 0 Å². The lowest BCUT2D eigenvalue weighted by atomic mass is 10.5. The van der Waals surface area contributed by atoms with Gasteiger partial charge in [0.15, 0.2) is 6.29 Å². The van der Waals surface area contributed by atoms with Crippen LogP contribution in [0.3, 0.4) is 0 Å². The van der Waals surface area contributed by atoms with E-state index < -0.39 is 0 Å². The molecular weight excluding hydrogens is 219 g/mol. The third-order valence-corrected chi connectivity index (χ3v) is 1.24. The van der Waals surface area contributed by atoms with Crippen LogP contribution in [0.25, 0.3) is 0 Å². The van der Waals surface area contributed by atoms with Crippen molar-refractivity contribution in [3.8, 4) is 0 Å². The van der Waals surface area contributed by atoms with Crippen LogP contribution in [0.1, 0.15) is 10.5 Å². The molecule has 0 atom stereocenters. The average Bonchev–Trinajstić information content (AvgIpc) is 2.14. The lowest BCUT2D eigenvalue weighted by Crippen LogP contribution is -1.81. The molecule has 0 aliphatic rings. The standard InChI is InChI=1S/C4H3IN2O/c5-7-2-1-4(3-8)6-7/h1-3H. The number of halogens is 1. The van der Waals surface area contributed by atoms with Crippen molar-refractivity contribution in [1.82, 2.24) is 7.99 Å². The van der Waals surface area contributed by atoms with Crippen molar-refractivity contribution in [2.24, 2.45) is 0 Å². The molecule has 0 saturated carbocycles. The number of aldehydes is 1. The Bertz CT molecular complexity index is 196. The Kier molecular flexibility index (Phi) is 1.62. The zero-order valence-electron chi connectivity index (χ0n) is 3.91. The smallest absolute Gasteiger partial charge is 0.170 e. The van der Waals surface area contributed by atoms with E-state index in [-0.39, 0.29) is 0 Å². The van der Waals surface area contributed by atoms with E-state index in [1.54, 1.807) is 15.2 Å². The molecule has 1 aromatic heterocycles. The summed E-state index contributed by atoms with van der Waals surface area (Å²) in [5, 5.41) is 3.76. The maximum Gasteiger partial charge on any atom is 0.170 e. The van der Waals surface area contributed by atoms with E-state index >= 15 is 0 Å². The van der Waals surface area contributed by atoms with Gasteiger partial charge >= 0.3 is 0 Å². The molecule has 0 bridgehead atoms. The summed E-state index contributed by atoms with van der Waals surface area (Å²) in [5.41, 5.74) is 0.472. The molecule has 8 heavy (non-hydrogen) atoms. The average molecular weight is 222 g/mol. The fraction of sp³-hybridized carbons (Fsp3) is 0. The first-order valence-corrected chi connectivity index (χ1v) is 2.96. The van der Waals surface area contributed by atoms with Crippen molar-refractivity contribution in [2.45, 2.75) is 0 Å². The first-order valence-electron chi connectivity index (χ1n) is 2.00. The molecule has 0 spiro atoms. The van der Waals surface area contributed by atoms with Gasteiger partial charge in [0.25, 0.3) is 0 Å². The molecule has 42 valence electrons. The molecule has 0 aliphatic carbocycles. The highest BCUT2D eigenvalue weighted by molar-refractivity contribution is 14.1. The van der Waals surface area contributed by atoms with Crippen LogP contribution in [0.15, 0.2) is 12.3 Å². The summed E-state index contributed by atoms with van der Waals surface area (Å²) in [6, 6.07) is 1.65. The van der Waals surface area contributed by atoms with E-state index in [9.17, 15) is 4.79 Å². The molecule has 0 N–H and O–H groups in total. The van der Waals surface area contributed by atoms with Crippen molar-refractivity contribution < 1.29 is 4.79 Å². The van der Waals surface area contributed by atoms with Crippen LogP contribution in [-0.2, 0) is 0 Å². The van der Waals surface area contributed by atoms with Crippen molar-refractivity contribution in [1.29, 1.82) is 0 Å². The monoisotopic (exact) mass is 222 g/mol. The van der Waals surface area contributed by atoms with Gasteiger partial charge in [-0.25, -0.2) is 2.90 Å². The highest BCUT2D eigenvalue weighted by Gasteiger charge is 1.90. The number of aromatic nitrogens is 2. The third-order valence-electron chi connectivity index (χ3n) is 0.700. The Morgan fingerprint density at radius 2 is 2.62 bits per heavy atom. The molecule has 0 radical (unpaired) electrons. The second-order valence-electron chi connectivity index (χ2n) is 1.25. The molecule has 1 rings (SSSR count). The summed E-state index contributed by atoms with van der Waals surface area (Å²) in [4.78, 5) is 9.94. The summed E-state index contributed by atoms with van der Waals surface area (Å²) in [6.45, 7) is 0. The molecule has 0 saturated heterocycles. The predicted octanol–water partition coefficient (Wildman–Crippen LogP) is 0.894. The quantitative estimate of drug-likeness (QED) is 0.522. The molecule has 1 aromatic rings. The van der Waals surface area contributed by atoms with E-state index in [0.717, 1.165) is 6.29 Å². The van der Waals surface area contributed by atoms with Crippen LogP contribution in [0.2, 0.25) is 0 Å². The zero-order chi connectivity index (χ0) is 5.98. The molecule has 0 aromatic carbocycles. The predicted molar refractivity (Wildman–Crippen MR) is 37.0 cm³/mol. The Morgan fingerprint density at radius 1 is 1.88 bits per heavy atom. The molecule has 0 unspecified atom stereocenters. The summed E-state index contributed by atoms with van der Waals surface area (Å²) in [5.74, 6) is 0. The number of nitrogens with zero attached hydrogens (tertiary/aromatic N) is 2. The van der Waals surface area contributed by atoms with Gasteiger partial charge in [0.05, 0.1) is 22.9 Å². The summed E-state index contributed by atoms with van der Waals surface area (Å²) in [7, 11) is 0. The lowest BCUT2D eigenvalue weighted by molar-refractivity contribution is 0.111. The zero-order valence-corrected chi connectivity index (χ0v) is 6.07. The van der Waals surface area contributed by atoms with Gasteiger partial charge in [-0.15, -0.1) is 0 Å². The molecule has 0 amide bonds. The molecule has 3 nitrogen and oxygen atoms in total. The van der Waals surface area contributed by atoms with E-state index in [1.807, 2.05) is 22.9 Å². The van der Waals surface area contributed by atoms with Crippen molar-refractivity contribution in [3.05, 3.63) is 18.0 Å². The van der Waals surface area contributed by atoms with Gasteiger partial charge in [-0.05, 0) is 6.07 Å². The minimum atomic E-state index is 0.472. The second kappa shape index (κ2) is 2.25. The van der Waals surface area contributed by atoms with Crippen LogP contribution in [0, 0.1) is 0 Å². The van der Waals surface area contributed by atoms with Crippen LogP contribution >= 0.6 is 22.9 Å². The molecule has 1 heterocycles. The van der Waals surface area contributed by atoms with Crippen LogP contribution in [0.5, 0.6) is 0 Å². The van der Waals surface area contributed by atoms with Gasteiger partial charge in [0.1, 0.15) is 5.69 Å². The van der Waals surface area contributed by atoms with Crippen LogP contribution < -0.4 is 0 Å². The van der Waals surface area contributed by atoms with Gasteiger partial charge in [-0.2, -0.15) is 5.10 Å². The number of rotatable bonds is 1. The molecule has 0 aliphatic heterocycles. The fourth-order valence-electron chi connectivity index (χ4n) is 0.378. The van der Waals surface area contributed by atoms with Gasteiger partial charge in [-0.3, -0.25) is 4.79 Å². The maximum absolute atomic E-state index is 9.94. The second-order valence-corrected chi connectivity index (χ2v) is 2.24. The van der Waals surface area contributed by atoms with Crippen molar-refractivity contribution in [3.63, 3.8) is 0 Å². The topological polar surface area (TPSA) is 34.9 Å². The minimum absolute atomic E-state index is 0.472. The fourth-order valence-corrected chi connectivity index (χ4v) is 0.788. The third kappa shape index (κ3) is 1.06. The Hall–Kier alpha value is -0.390. The van der Waals surface area contributed by atoms with Crippen LogP contribution in [0.4, 0.5) is 0 Å². The number of carbonyl (C=O) groups excluding carboxylic acids is 1. The highest BCUT2D eigenvalue weighted by atomic mass is 127. The molecule has 0 fully saturated rings. The first kappa shape index (κ1) is 5.74. The summed E-state index contributed by atoms with van der Waals surface area (Å²) >= 11 is 1.97. The highest BCUT2D eigenvalue weighted by Crippen LogP contribution is 1.94.